The van der Waals surface area contributed by atoms with E-state index in [4.69, 9.17) is 13.9 Å². The van der Waals surface area contributed by atoms with Gasteiger partial charge in [0, 0.05) is 13.1 Å². The molecule has 8 heteroatoms. The van der Waals surface area contributed by atoms with Gasteiger partial charge in [-0.15, -0.1) is 0 Å². The summed E-state index contributed by atoms with van der Waals surface area (Å²) in [4.78, 5) is 31.1. The van der Waals surface area contributed by atoms with E-state index < -0.39 is 17.3 Å². The minimum absolute atomic E-state index is 0.00696. The van der Waals surface area contributed by atoms with Crippen LogP contribution in [0.25, 0.3) is 11.0 Å². The first kappa shape index (κ1) is 26.7. The van der Waals surface area contributed by atoms with Crippen LogP contribution in [0.4, 0.5) is 4.39 Å². The predicted octanol–water partition coefficient (Wildman–Crippen LogP) is 5.40. The van der Waals surface area contributed by atoms with Gasteiger partial charge < -0.3 is 23.7 Å². The van der Waals surface area contributed by atoms with E-state index in [2.05, 4.69) is 25.7 Å². The standard InChI is InChI=1S/C29H35FN2O5/c1-5-8-9-16-36-23-12-10-19(17-24(23)35-4)26-25-27(33)21-18-20(30)11-13-22(21)37-28(25)29(34)32(26)15-14-31(6-2)7-3/h10-13,17-18,26H,5-9,14-16H2,1-4H3. The van der Waals surface area contributed by atoms with Crippen molar-refractivity contribution in [3.8, 4) is 11.5 Å². The van der Waals surface area contributed by atoms with Gasteiger partial charge in [-0.2, -0.15) is 0 Å². The third kappa shape index (κ3) is 5.34. The molecule has 1 aliphatic heterocycles. The first-order chi connectivity index (χ1) is 17.9. The molecule has 2 heterocycles. The number of hydrogen-bond acceptors (Lipinski definition) is 6. The van der Waals surface area contributed by atoms with E-state index in [9.17, 15) is 14.0 Å². The number of carbonyl (C=O) groups is 1. The lowest BCUT2D eigenvalue weighted by atomic mass is 9.98. The van der Waals surface area contributed by atoms with Crippen molar-refractivity contribution in [3.63, 3.8) is 0 Å². The quantitative estimate of drug-likeness (QED) is 0.304. The summed E-state index contributed by atoms with van der Waals surface area (Å²) in [5.41, 5.74) is 0.711. The summed E-state index contributed by atoms with van der Waals surface area (Å²) in [5, 5.41) is 0.116. The Morgan fingerprint density at radius 3 is 2.51 bits per heavy atom. The number of hydrogen-bond donors (Lipinski definition) is 0. The number of amides is 1. The molecule has 7 nitrogen and oxygen atoms in total. The third-order valence-electron chi connectivity index (χ3n) is 6.99. The summed E-state index contributed by atoms with van der Waals surface area (Å²) in [6.07, 6.45) is 3.11. The van der Waals surface area contributed by atoms with Gasteiger partial charge in [0.1, 0.15) is 11.4 Å². The lowest BCUT2D eigenvalue weighted by molar-refractivity contribution is 0.0708. The zero-order valence-corrected chi connectivity index (χ0v) is 22.0. The molecule has 0 fully saturated rings. The predicted molar refractivity (Wildman–Crippen MR) is 141 cm³/mol. The highest BCUT2D eigenvalue weighted by Gasteiger charge is 2.43. The lowest BCUT2D eigenvalue weighted by Gasteiger charge is -2.28. The van der Waals surface area contributed by atoms with Crippen LogP contribution in [0.2, 0.25) is 0 Å². The van der Waals surface area contributed by atoms with E-state index in [1.54, 1.807) is 12.0 Å². The molecule has 0 saturated heterocycles. The number of carbonyl (C=O) groups excluding carboxylic acids is 1. The van der Waals surface area contributed by atoms with E-state index in [-0.39, 0.29) is 28.2 Å². The molecule has 0 spiro atoms. The minimum atomic E-state index is -0.690. The molecule has 1 aromatic heterocycles. The van der Waals surface area contributed by atoms with Crippen LogP contribution in [0.5, 0.6) is 11.5 Å². The maximum atomic E-state index is 14.0. The van der Waals surface area contributed by atoms with Crippen molar-refractivity contribution < 1.29 is 23.1 Å². The summed E-state index contributed by atoms with van der Waals surface area (Å²) in [6.45, 7) is 9.57. The number of nitrogens with zero attached hydrogens (tertiary/aromatic N) is 2. The van der Waals surface area contributed by atoms with Gasteiger partial charge in [-0.3, -0.25) is 9.59 Å². The number of halogens is 1. The highest BCUT2D eigenvalue weighted by molar-refractivity contribution is 5.99. The molecule has 198 valence electrons. The van der Waals surface area contributed by atoms with Crippen molar-refractivity contribution in [1.82, 2.24) is 9.80 Å². The smallest absolute Gasteiger partial charge is 0.290 e. The normalized spacial score (nSPS) is 15.0. The van der Waals surface area contributed by atoms with Crippen molar-refractivity contribution in [2.24, 2.45) is 0 Å². The third-order valence-corrected chi connectivity index (χ3v) is 6.99. The Bertz CT molecular complexity index is 1320. The maximum Gasteiger partial charge on any atom is 0.290 e. The van der Waals surface area contributed by atoms with Crippen LogP contribution in [0, 0.1) is 5.82 Å². The fourth-order valence-electron chi connectivity index (χ4n) is 4.87. The molecule has 0 saturated carbocycles. The molecule has 0 N–H and O–H groups in total. The molecule has 37 heavy (non-hydrogen) atoms. The van der Waals surface area contributed by atoms with Crippen LogP contribution in [0.3, 0.4) is 0 Å². The summed E-state index contributed by atoms with van der Waals surface area (Å²) in [7, 11) is 1.56. The monoisotopic (exact) mass is 510 g/mol. The fourth-order valence-corrected chi connectivity index (χ4v) is 4.87. The molecule has 0 radical (unpaired) electrons. The van der Waals surface area contributed by atoms with Gasteiger partial charge in [-0.05, 0) is 55.4 Å². The van der Waals surface area contributed by atoms with Gasteiger partial charge in [0.15, 0.2) is 16.9 Å². The van der Waals surface area contributed by atoms with Crippen molar-refractivity contribution in [2.45, 2.75) is 46.1 Å². The molecule has 1 atom stereocenters. The summed E-state index contributed by atoms with van der Waals surface area (Å²) in [6, 6.07) is 8.55. The number of rotatable bonds is 12. The summed E-state index contributed by atoms with van der Waals surface area (Å²) < 4.78 is 31.5. The molecular weight excluding hydrogens is 475 g/mol. The maximum absolute atomic E-state index is 14.0. The Hall–Kier alpha value is -3.39. The van der Waals surface area contributed by atoms with E-state index >= 15 is 0 Å². The molecular formula is C29H35FN2O5. The number of ether oxygens (including phenoxy) is 2. The second-order valence-corrected chi connectivity index (χ2v) is 9.21. The molecule has 3 aromatic rings. The molecule has 0 bridgehead atoms. The van der Waals surface area contributed by atoms with Crippen LogP contribution >= 0.6 is 0 Å². The largest absolute Gasteiger partial charge is 0.493 e. The highest BCUT2D eigenvalue weighted by atomic mass is 19.1. The van der Waals surface area contributed by atoms with Crippen molar-refractivity contribution in [2.75, 3.05) is 39.9 Å². The van der Waals surface area contributed by atoms with E-state index in [0.29, 0.717) is 36.8 Å². The van der Waals surface area contributed by atoms with Crippen LogP contribution < -0.4 is 14.9 Å². The fraction of sp³-hybridized carbons (Fsp3) is 0.448. The van der Waals surface area contributed by atoms with Gasteiger partial charge in [-0.25, -0.2) is 4.39 Å². The first-order valence-corrected chi connectivity index (χ1v) is 13.0. The SMILES string of the molecule is CCCCCOc1ccc(C2c3c(oc4ccc(F)cc4c3=O)C(=O)N2CCN(CC)CC)cc1OC. The molecule has 1 aliphatic rings. The van der Waals surface area contributed by atoms with E-state index in [0.717, 1.165) is 38.4 Å². The Kier molecular flexibility index (Phi) is 8.48. The van der Waals surface area contributed by atoms with E-state index in [1.165, 1.54) is 12.1 Å². The van der Waals surface area contributed by atoms with Gasteiger partial charge >= 0.3 is 0 Å². The Morgan fingerprint density at radius 2 is 1.81 bits per heavy atom. The second kappa shape index (κ2) is 11.8. The van der Waals surface area contributed by atoms with Gasteiger partial charge in [0.25, 0.3) is 5.91 Å². The Morgan fingerprint density at radius 1 is 1.03 bits per heavy atom. The van der Waals surface area contributed by atoms with Crippen LogP contribution in [-0.4, -0.2) is 55.6 Å². The molecule has 1 amide bonds. The summed E-state index contributed by atoms with van der Waals surface area (Å²) >= 11 is 0. The van der Waals surface area contributed by atoms with Crippen molar-refractivity contribution >= 4 is 16.9 Å². The van der Waals surface area contributed by atoms with Crippen LogP contribution in [0.1, 0.15) is 67.8 Å². The van der Waals surface area contributed by atoms with Crippen LogP contribution in [-0.2, 0) is 0 Å². The number of methoxy groups -OCH3 is 1. The lowest BCUT2D eigenvalue weighted by Crippen LogP contribution is -2.37. The zero-order chi connectivity index (χ0) is 26.5. The highest BCUT2D eigenvalue weighted by Crippen LogP contribution is 2.41. The van der Waals surface area contributed by atoms with Gasteiger partial charge in [0.05, 0.1) is 30.7 Å². The second-order valence-electron chi connectivity index (χ2n) is 9.21. The average molecular weight is 511 g/mol. The first-order valence-electron chi connectivity index (χ1n) is 13.0. The Balaban J connectivity index is 1.79. The van der Waals surface area contributed by atoms with Crippen molar-refractivity contribution in [1.29, 1.82) is 0 Å². The minimum Gasteiger partial charge on any atom is -0.493 e. The zero-order valence-electron chi connectivity index (χ0n) is 22.0. The molecule has 2 aromatic carbocycles. The number of likely N-dealkylation sites (N-methyl/N-ethyl adjacent to an activating group) is 1. The Labute approximate surface area is 216 Å². The summed E-state index contributed by atoms with van der Waals surface area (Å²) in [5.74, 6) is 0.246. The topological polar surface area (TPSA) is 72.2 Å². The van der Waals surface area contributed by atoms with E-state index in [1.807, 2.05) is 18.2 Å². The molecule has 0 aliphatic carbocycles. The van der Waals surface area contributed by atoms with Gasteiger partial charge in [-0.1, -0.05) is 39.7 Å². The van der Waals surface area contributed by atoms with Crippen molar-refractivity contribution in [3.05, 3.63) is 69.3 Å². The average Bonchev–Trinajstić information content (AvgIpc) is 3.19. The number of benzene rings is 2. The van der Waals surface area contributed by atoms with Gasteiger partial charge in [0.2, 0.25) is 5.76 Å². The number of unbranched alkanes of at least 4 members (excludes halogenated alkanes) is 2. The van der Waals surface area contributed by atoms with Crippen LogP contribution in [0.15, 0.2) is 45.6 Å². The molecule has 1 unspecified atom stereocenters. The molecule has 4 rings (SSSR count). The number of fused-ring (bicyclic) bond motifs is 2.